The molecule has 2 aromatic heterocycles. The first-order chi connectivity index (χ1) is 18.6. The second-order valence-electron chi connectivity index (χ2n) is 11.4. The van der Waals surface area contributed by atoms with E-state index in [4.69, 9.17) is 9.51 Å². The molecule has 1 aromatic carbocycles. The monoisotopic (exact) mass is 529 g/mol. The van der Waals surface area contributed by atoms with Crippen LogP contribution in [0.5, 0.6) is 0 Å². The molecule has 3 amide bonds. The van der Waals surface area contributed by atoms with E-state index < -0.39 is 23.0 Å². The SMILES string of the molecule is CC1(C)CN(Cc2ccc(-c3ccon3)cc2)CCC1(O)c1ccc2c(n1)CN(C1CCC(=O)NC1=O)C2=O. The zero-order valence-corrected chi connectivity index (χ0v) is 22.0. The number of rotatable bonds is 5. The Kier molecular flexibility index (Phi) is 6.11. The maximum atomic E-state index is 13.1. The molecule has 0 saturated carbocycles. The van der Waals surface area contributed by atoms with Gasteiger partial charge in [-0.15, -0.1) is 0 Å². The van der Waals surface area contributed by atoms with Crippen molar-refractivity contribution in [2.75, 3.05) is 13.1 Å². The van der Waals surface area contributed by atoms with E-state index in [0.29, 0.717) is 42.9 Å². The van der Waals surface area contributed by atoms with E-state index in [1.54, 1.807) is 18.4 Å². The lowest BCUT2D eigenvalue weighted by atomic mass is 9.68. The normalized spacial score (nSPS) is 25.1. The third-order valence-corrected chi connectivity index (χ3v) is 8.42. The number of pyridine rings is 1. The minimum atomic E-state index is -1.18. The van der Waals surface area contributed by atoms with Crippen LogP contribution < -0.4 is 5.32 Å². The summed E-state index contributed by atoms with van der Waals surface area (Å²) in [6.07, 6.45) is 2.55. The third kappa shape index (κ3) is 4.43. The maximum Gasteiger partial charge on any atom is 0.256 e. The zero-order valence-electron chi connectivity index (χ0n) is 22.0. The fourth-order valence-electron chi connectivity index (χ4n) is 6.10. The van der Waals surface area contributed by atoms with Crippen molar-refractivity contribution in [3.63, 3.8) is 0 Å². The highest BCUT2D eigenvalue weighted by Gasteiger charge is 2.50. The maximum absolute atomic E-state index is 13.1. The van der Waals surface area contributed by atoms with Crippen molar-refractivity contribution in [2.45, 2.75) is 57.8 Å². The third-order valence-electron chi connectivity index (χ3n) is 8.42. The van der Waals surface area contributed by atoms with Gasteiger partial charge in [0.2, 0.25) is 11.8 Å². The molecule has 39 heavy (non-hydrogen) atoms. The minimum Gasteiger partial charge on any atom is -0.383 e. The quantitative estimate of drug-likeness (QED) is 0.483. The van der Waals surface area contributed by atoms with Crippen LogP contribution in [0.2, 0.25) is 0 Å². The highest BCUT2D eigenvalue weighted by atomic mass is 16.5. The van der Waals surface area contributed by atoms with Crippen LogP contribution in [-0.2, 0) is 28.3 Å². The Morgan fingerprint density at radius 2 is 1.90 bits per heavy atom. The number of aromatic nitrogens is 2. The summed E-state index contributed by atoms with van der Waals surface area (Å²) in [4.78, 5) is 45.6. The fourth-order valence-corrected chi connectivity index (χ4v) is 6.10. The van der Waals surface area contributed by atoms with E-state index in [2.05, 4.69) is 27.5 Å². The Morgan fingerprint density at radius 3 is 2.59 bits per heavy atom. The van der Waals surface area contributed by atoms with Crippen LogP contribution in [0.15, 0.2) is 53.3 Å². The first-order valence-electron chi connectivity index (χ1n) is 13.2. The van der Waals surface area contributed by atoms with Crippen LogP contribution in [0, 0.1) is 5.41 Å². The van der Waals surface area contributed by atoms with Gasteiger partial charge in [0.05, 0.1) is 23.5 Å². The molecule has 0 aliphatic carbocycles. The molecule has 0 bridgehead atoms. The van der Waals surface area contributed by atoms with Gasteiger partial charge >= 0.3 is 0 Å². The van der Waals surface area contributed by atoms with E-state index in [0.717, 1.165) is 17.8 Å². The number of amides is 3. The number of fused-ring (bicyclic) bond motifs is 1. The van der Waals surface area contributed by atoms with Gasteiger partial charge in [-0.1, -0.05) is 43.3 Å². The van der Waals surface area contributed by atoms with Gasteiger partial charge in [0, 0.05) is 43.1 Å². The van der Waals surface area contributed by atoms with Crippen molar-refractivity contribution in [1.29, 1.82) is 0 Å². The number of carbonyl (C=O) groups is 3. The van der Waals surface area contributed by atoms with Gasteiger partial charge in [-0.3, -0.25) is 29.6 Å². The standard InChI is InChI=1S/C29H31N5O5/c1-28(2)17-33(15-18-3-5-19(6-4-18)21-11-14-39-32-21)13-12-29(28,38)24-9-7-20-22(30-24)16-34(27(20)37)23-8-10-25(35)31-26(23)36/h3-7,9,11,14,23,38H,8,10,12-13,15-17H2,1-2H3,(H,31,35,36). The number of imide groups is 1. The molecule has 5 heterocycles. The smallest absolute Gasteiger partial charge is 0.256 e. The Hall–Kier alpha value is -3.89. The Morgan fingerprint density at radius 1 is 1.10 bits per heavy atom. The van der Waals surface area contributed by atoms with Gasteiger partial charge in [0.1, 0.15) is 23.6 Å². The van der Waals surface area contributed by atoms with Crippen molar-refractivity contribution < 1.29 is 24.0 Å². The highest BCUT2D eigenvalue weighted by Crippen LogP contribution is 2.46. The molecule has 10 heteroatoms. The summed E-state index contributed by atoms with van der Waals surface area (Å²) in [6, 6.07) is 12.8. The number of hydrogen-bond donors (Lipinski definition) is 2. The lowest BCUT2D eigenvalue weighted by Crippen LogP contribution is -2.55. The molecule has 6 rings (SSSR count). The topological polar surface area (TPSA) is 129 Å². The summed E-state index contributed by atoms with van der Waals surface area (Å²) in [5, 5.41) is 18.3. The van der Waals surface area contributed by atoms with Crippen LogP contribution in [0.1, 0.15) is 60.4 Å². The molecular formula is C29H31N5O5. The second-order valence-corrected chi connectivity index (χ2v) is 11.4. The molecule has 3 aliphatic heterocycles. The number of likely N-dealkylation sites (tertiary alicyclic amines) is 1. The summed E-state index contributed by atoms with van der Waals surface area (Å²) >= 11 is 0. The Balaban J connectivity index is 1.16. The van der Waals surface area contributed by atoms with E-state index in [1.807, 2.05) is 32.0 Å². The fraction of sp³-hybridized carbons (Fsp3) is 0.414. The summed E-state index contributed by atoms with van der Waals surface area (Å²) in [7, 11) is 0. The average molecular weight is 530 g/mol. The van der Waals surface area contributed by atoms with Crippen molar-refractivity contribution in [3.8, 4) is 11.3 Å². The summed E-state index contributed by atoms with van der Waals surface area (Å²) in [6.45, 7) is 6.37. The predicted molar refractivity (Wildman–Crippen MR) is 140 cm³/mol. The Bertz CT molecular complexity index is 1430. The molecule has 2 fully saturated rings. The lowest BCUT2D eigenvalue weighted by Gasteiger charge is -2.50. The molecule has 3 aliphatic rings. The molecule has 10 nitrogen and oxygen atoms in total. The second kappa shape index (κ2) is 9.39. The van der Waals surface area contributed by atoms with Crippen LogP contribution in [0.25, 0.3) is 11.3 Å². The molecule has 0 radical (unpaired) electrons. The van der Waals surface area contributed by atoms with Crippen LogP contribution in [-0.4, -0.2) is 61.9 Å². The van der Waals surface area contributed by atoms with Crippen LogP contribution in [0.4, 0.5) is 0 Å². The number of piperidine rings is 2. The first-order valence-corrected chi connectivity index (χ1v) is 13.2. The van der Waals surface area contributed by atoms with Gasteiger partial charge in [-0.2, -0.15) is 0 Å². The molecule has 3 aromatic rings. The van der Waals surface area contributed by atoms with E-state index in [1.165, 1.54) is 10.5 Å². The molecule has 0 spiro atoms. The number of carbonyl (C=O) groups excluding carboxylic acids is 3. The number of hydrogen-bond acceptors (Lipinski definition) is 8. The lowest BCUT2D eigenvalue weighted by molar-refractivity contribution is -0.137. The van der Waals surface area contributed by atoms with Gasteiger partial charge in [-0.05, 0) is 30.5 Å². The van der Waals surface area contributed by atoms with Crippen LogP contribution >= 0.6 is 0 Å². The molecule has 2 saturated heterocycles. The van der Waals surface area contributed by atoms with Crippen molar-refractivity contribution in [3.05, 3.63) is 71.2 Å². The summed E-state index contributed by atoms with van der Waals surface area (Å²) in [5.41, 5.74) is 2.82. The van der Waals surface area contributed by atoms with Gasteiger partial charge in [0.25, 0.3) is 5.91 Å². The van der Waals surface area contributed by atoms with Gasteiger partial charge in [0.15, 0.2) is 0 Å². The molecule has 2 atom stereocenters. The van der Waals surface area contributed by atoms with E-state index in [-0.39, 0.29) is 24.8 Å². The minimum absolute atomic E-state index is 0.182. The molecule has 2 N–H and O–H groups in total. The van der Waals surface area contributed by atoms with Crippen molar-refractivity contribution >= 4 is 17.7 Å². The van der Waals surface area contributed by atoms with E-state index in [9.17, 15) is 19.5 Å². The summed E-state index contributed by atoms with van der Waals surface area (Å²) in [5.74, 6) is -1.04. The highest BCUT2D eigenvalue weighted by molar-refractivity contribution is 6.05. The van der Waals surface area contributed by atoms with Crippen LogP contribution in [0.3, 0.4) is 0 Å². The summed E-state index contributed by atoms with van der Waals surface area (Å²) < 4.78 is 4.94. The molecular weight excluding hydrogens is 498 g/mol. The van der Waals surface area contributed by atoms with Crippen molar-refractivity contribution in [2.24, 2.45) is 5.41 Å². The Labute approximate surface area is 226 Å². The van der Waals surface area contributed by atoms with E-state index >= 15 is 0 Å². The van der Waals surface area contributed by atoms with Crippen molar-refractivity contribution in [1.82, 2.24) is 25.3 Å². The largest absolute Gasteiger partial charge is 0.383 e. The zero-order chi connectivity index (χ0) is 27.4. The molecule has 2 unspecified atom stereocenters. The molecule has 202 valence electrons. The average Bonchev–Trinajstić information content (AvgIpc) is 3.55. The predicted octanol–water partition coefficient (Wildman–Crippen LogP) is 2.62. The van der Waals surface area contributed by atoms with Gasteiger partial charge in [-0.25, -0.2) is 0 Å². The number of nitrogens with one attached hydrogen (secondary N) is 1. The van der Waals surface area contributed by atoms with Gasteiger partial charge < -0.3 is 14.5 Å². The number of nitrogens with zero attached hydrogens (tertiary/aromatic N) is 4. The number of benzene rings is 1. The number of aliphatic hydroxyl groups is 1. The first kappa shape index (κ1) is 25.4.